The van der Waals surface area contributed by atoms with Gasteiger partial charge >= 0.3 is 0 Å². The minimum Gasteiger partial charge on any atom is -0.476 e. The third-order valence-electron chi connectivity index (χ3n) is 2.10. The predicted molar refractivity (Wildman–Crippen MR) is 62.8 cm³/mol. The number of nitrogens with two attached hydrogens (primary N) is 1. The molecule has 0 spiro atoms. The van der Waals surface area contributed by atoms with Crippen LogP contribution in [0.1, 0.15) is 6.92 Å². The lowest BCUT2D eigenvalue weighted by atomic mass is 10.4. The largest absolute Gasteiger partial charge is 0.476 e. The molecule has 0 atom stereocenters. The second-order valence-electron chi connectivity index (χ2n) is 3.26. The first-order chi connectivity index (χ1) is 7.70. The van der Waals surface area contributed by atoms with Gasteiger partial charge in [0.2, 0.25) is 5.88 Å². The number of methoxy groups -OCH3 is 1. The van der Waals surface area contributed by atoms with Crippen molar-refractivity contribution in [2.75, 3.05) is 44.5 Å². The van der Waals surface area contributed by atoms with Crippen LogP contribution in [0, 0.1) is 0 Å². The molecule has 90 valence electrons. The average Bonchev–Trinajstić information content (AvgIpc) is 2.29. The van der Waals surface area contributed by atoms with Crippen LogP contribution in [-0.2, 0) is 4.74 Å². The molecule has 0 radical (unpaired) electrons. The molecule has 16 heavy (non-hydrogen) atoms. The highest BCUT2D eigenvalue weighted by Gasteiger charge is 2.12. The van der Waals surface area contributed by atoms with E-state index in [0.29, 0.717) is 37.1 Å². The number of rotatable bonds is 6. The van der Waals surface area contributed by atoms with Crippen LogP contribution in [0.15, 0.2) is 6.33 Å². The molecule has 0 unspecified atom stereocenters. The predicted octanol–water partition coefficient (Wildman–Crippen LogP) is 0.540. The Bertz CT molecular complexity index is 333. The second-order valence-corrected chi connectivity index (χ2v) is 3.26. The number of aromatic nitrogens is 2. The first-order valence-corrected chi connectivity index (χ1v) is 5.14. The van der Waals surface area contributed by atoms with Crippen LogP contribution in [0.2, 0.25) is 0 Å². The maximum Gasteiger partial charge on any atom is 0.242 e. The number of ether oxygens (including phenoxy) is 2. The number of anilines is 2. The highest BCUT2D eigenvalue weighted by Crippen LogP contribution is 2.26. The SMILES string of the molecule is CCOc1ncnc(N(C)CCOC)c1N. The average molecular weight is 226 g/mol. The Labute approximate surface area is 95.4 Å². The number of hydrogen-bond donors (Lipinski definition) is 1. The fraction of sp³-hybridized carbons (Fsp3) is 0.600. The van der Waals surface area contributed by atoms with Gasteiger partial charge in [0.15, 0.2) is 5.82 Å². The van der Waals surface area contributed by atoms with Crippen molar-refractivity contribution in [3.63, 3.8) is 0 Å². The van der Waals surface area contributed by atoms with E-state index in [2.05, 4.69) is 9.97 Å². The zero-order chi connectivity index (χ0) is 12.0. The van der Waals surface area contributed by atoms with Gasteiger partial charge in [0.1, 0.15) is 12.0 Å². The molecule has 1 heterocycles. The van der Waals surface area contributed by atoms with E-state index in [4.69, 9.17) is 15.2 Å². The summed E-state index contributed by atoms with van der Waals surface area (Å²) in [5, 5.41) is 0. The van der Waals surface area contributed by atoms with Crippen molar-refractivity contribution < 1.29 is 9.47 Å². The molecule has 0 aliphatic carbocycles. The van der Waals surface area contributed by atoms with Gasteiger partial charge in [0, 0.05) is 20.7 Å². The number of nitrogens with zero attached hydrogens (tertiary/aromatic N) is 3. The van der Waals surface area contributed by atoms with Gasteiger partial charge in [0.25, 0.3) is 0 Å². The molecule has 0 saturated carbocycles. The van der Waals surface area contributed by atoms with Crippen LogP contribution in [0.4, 0.5) is 11.5 Å². The Hall–Kier alpha value is -1.56. The fourth-order valence-corrected chi connectivity index (χ4v) is 1.26. The van der Waals surface area contributed by atoms with E-state index >= 15 is 0 Å². The molecule has 6 heteroatoms. The molecular weight excluding hydrogens is 208 g/mol. The van der Waals surface area contributed by atoms with E-state index in [0.717, 1.165) is 0 Å². The molecule has 0 aliphatic rings. The van der Waals surface area contributed by atoms with Crippen molar-refractivity contribution in [2.45, 2.75) is 6.92 Å². The summed E-state index contributed by atoms with van der Waals surface area (Å²) in [5.41, 5.74) is 6.37. The van der Waals surface area contributed by atoms with Crippen LogP contribution in [0.3, 0.4) is 0 Å². The van der Waals surface area contributed by atoms with E-state index in [-0.39, 0.29) is 0 Å². The van der Waals surface area contributed by atoms with E-state index in [1.807, 2.05) is 18.9 Å². The third kappa shape index (κ3) is 2.96. The normalized spacial score (nSPS) is 10.2. The van der Waals surface area contributed by atoms with Crippen molar-refractivity contribution in [2.24, 2.45) is 0 Å². The molecule has 0 bridgehead atoms. The summed E-state index contributed by atoms with van der Waals surface area (Å²) >= 11 is 0. The highest BCUT2D eigenvalue weighted by atomic mass is 16.5. The molecule has 0 fully saturated rings. The summed E-state index contributed by atoms with van der Waals surface area (Å²) in [7, 11) is 3.55. The molecule has 0 aliphatic heterocycles. The summed E-state index contributed by atoms with van der Waals surface area (Å²) in [5.74, 6) is 1.09. The zero-order valence-corrected chi connectivity index (χ0v) is 9.93. The molecule has 0 amide bonds. The van der Waals surface area contributed by atoms with Crippen LogP contribution in [0.5, 0.6) is 5.88 Å². The van der Waals surface area contributed by atoms with E-state index < -0.39 is 0 Å². The van der Waals surface area contributed by atoms with Gasteiger partial charge < -0.3 is 20.1 Å². The van der Waals surface area contributed by atoms with Crippen molar-refractivity contribution in [3.8, 4) is 5.88 Å². The minimum atomic E-state index is 0.428. The number of hydrogen-bond acceptors (Lipinski definition) is 6. The van der Waals surface area contributed by atoms with Crippen molar-refractivity contribution in [1.29, 1.82) is 0 Å². The molecule has 1 aromatic heterocycles. The first kappa shape index (κ1) is 12.5. The lowest BCUT2D eigenvalue weighted by Gasteiger charge is -2.19. The van der Waals surface area contributed by atoms with Crippen LogP contribution < -0.4 is 15.4 Å². The van der Waals surface area contributed by atoms with E-state index in [1.165, 1.54) is 6.33 Å². The van der Waals surface area contributed by atoms with E-state index in [1.54, 1.807) is 7.11 Å². The maximum atomic E-state index is 5.91. The summed E-state index contributed by atoms with van der Waals surface area (Å²) in [4.78, 5) is 10.0. The van der Waals surface area contributed by atoms with E-state index in [9.17, 15) is 0 Å². The Morgan fingerprint density at radius 3 is 2.81 bits per heavy atom. The Morgan fingerprint density at radius 2 is 2.19 bits per heavy atom. The molecule has 0 saturated heterocycles. The smallest absolute Gasteiger partial charge is 0.242 e. The minimum absolute atomic E-state index is 0.428. The van der Waals surface area contributed by atoms with Gasteiger partial charge in [-0.05, 0) is 6.92 Å². The van der Waals surface area contributed by atoms with Gasteiger partial charge in [-0.2, -0.15) is 4.98 Å². The topological polar surface area (TPSA) is 73.5 Å². The highest BCUT2D eigenvalue weighted by molar-refractivity contribution is 5.67. The second kappa shape index (κ2) is 6.12. The quantitative estimate of drug-likeness (QED) is 0.763. The van der Waals surface area contributed by atoms with Crippen molar-refractivity contribution in [3.05, 3.63) is 6.33 Å². The molecule has 1 aromatic rings. The Morgan fingerprint density at radius 1 is 1.44 bits per heavy atom. The monoisotopic (exact) mass is 226 g/mol. The molecule has 6 nitrogen and oxygen atoms in total. The standard InChI is InChI=1S/C10H18N4O2/c1-4-16-10-8(11)9(12-7-13-10)14(2)5-6-15-3/h7H,4-6,11H2,1-3H3. The molecule has 0 aromatic carbocycles. The fourth-order valence-electron chi connectivity index (χ4n) is 1.26. The van der Waals surface area contributed by atoms with Crippen LogP contribution >= 0.6 is 0 Å². The van der Waals surface area contributed by atoms with Gasteiger partial charge in [0.05, 0.1) is 13.2 Å². The lowest BCUT2D eigenvalue weighted by molar-refractivity contribution is 0.206. The van der Waals surface area contributed by atoms with Crippen LogP contribution in [0.25, 0.3) is 0 Å². The third-order valence-corrected chi connectivity index (χ3v) is 2.10. The summed E-state index contributed by atoms with van der Waals surface area (Å²) < 4.78 is 10.3. The molecular formula is C10H18N4O2. The summed E-state index contributed by atoms with van der Waals surface area (Å²) in [6, 6.07) is 0. The zero-order valence-electron chi connectivity index (χ0n) is 9.93. The Balaban J connectivity index is 2.82. The number of nitrogen functional groups attached to an aromatic ring is 1. The summed E-state index contributed by atoms with van der Waals surface area (Å²) in [6.07, 6.45) is 1.44. The van der Waals surface area contributed by atoms with Gasteiger partial charge in [-0.15, -0.1) is 0 Å². The number of likely N-dealkylation sites (N-methyl/N-ethyl adjacent to an activating group) is 1. The maximum absolute atomic E-state index is 5.91. The Kier molecular flexibility index (Phi) is 4.78. The molecule has 2 N–H and O–H groups in total. The van der Waals surface area contributed by atoms with Gasteiger partial charge in [-0.25, -0.2) is 4.98 Å². The molecule has 1 rings (SSSR count). The lowest BCUT2D eigenvalue weighted by Crippen LogP contribution is -2.24. The van der Waals surface area contributed by atoms with Gasteiger partial charge in [-0.3, -0.25) is 0 Å². The van der Waals surface area contributed by atoms with Crippen molar-refractivity contribution in [1.82, 2.24) is 9.97 Å². The van der Waals surface area contributed by atoms with Crippen molar-refractivity contribution >= 4 is 11.5 Å². The first-order valence-electron chi connectivity index (χ1n) is 5.14. The van der Waals surface area contributed by atoms with Crippen LogP contribution in [-0.4, -0.2) is 43.9 Å². The van der Waals surface area contributed by atoms with Gasteiger partial charge in [-0.1, -0.05) is 0 Å². The summed E-state index contributed by atoms with van der Waals surface area (Å²) in [6.45, 7) is 3.74.